The fraction of sp³-hybridized carbons (Fsp3) is 0.138. The molecule has 4 amide bonds. The minimum atomic E-state index is -1.96. The van der Waals surface area contributed by atoms with Gasteiger partial charge in [0.25, 0.3) is 17.4 Å². The number of amides is 4. The second-order valence-corrected chi connectivity index (χ2v) is 8.73. The van der Waals surface area contributed by atoms with Crippen LogP contribution in [0.2, 0.25) is 0 Å². The van der Waals surface area contributed by atoms with Crippen molar-refractivity contribution in [3.05, 3.63) is 84.6 Å². The van der Waals surface area contributed by atoms with E-state index in [4.69, 9.17) is 23.9 Å². The van der Waals surface area contributed by atoms with Crippen LogP contribution < -0.4 is 20.1 Å². The molecule has 0 radical (unpaired) electrons. The van der Waals surface area contributed by atoms with Gasteiger partial charge in [0.05, 0.1) is 24.4 Å². The van der Waals surface area contributed by atoms with Crippen molar-refractivity contribution in [1.82, 2.24) is 15.6 Å². The van der Waals surface area contributed by atoms with E-state index in [0.717, 1.165) is 11.1 Å². The molecule has 1 saturated heterocycles. The van der Waals surface area contributed by atoms with Gasteiger partial charge in [-0.05, 0) is 60.7 Å². The molecule has 4 aromatic rings. The lowest BCUT2D eigenvalue weighted by molar-refractivity contribution is -0.153. The van der Waals surface area contributed by atoms with Crippen molar-refractivity contribution >= 4 is 17.8 Å². The summed E-state index contributed by atoms with van der Waals surface area (Å²) in [6, 6.07) is 21.7. The van der Waals surface area contributed by atoms with E-state index in [1.807, 2.05) is 6.07 Å². The molecule has 0 saturated carbocycles. The molecule has 0 unspecified atom stereocenters. The van der Waals surface area contributed by atoms with Crippen LogP contribution in [0.25, 0.3) is 22.8 Å². The Kier molecular flexibility index (Phi) is 7.26. The molecule has 1 aliphatic heterocycles. The number of aromatic nitrogens is 1. The molecule has 5 rings (SSSR count). The molecule has 0 aliphatic carbocycles. The van der Waals surface area contributed by atoms with Crippen LogP contribution in [-0.2, 0) is 14.3 Å². The van der Waals surface area contributed by atoms with Gasteiger partial charge in [-0.1, -0.05) is 12.1 Å². The number of ether oxygens (including phenoxy) is 3. The Morgan fingerprint density at radius 3 is 2.20 bits per heavy atom. The first-order chi connectivity index (χ1) is 19.4. The van der Waals surface area contributed by atoms with E-state index >= 15 is 0 Å². The Labute approximate surface area is 228 Å². The highest BCUT2D eigenvalue weighted by atomic mass is 16.5. The number of hydrogen-bond donors (Lipinski definition) is 2. The number of barbiturate groups is 1. The third-order valence-electron chi connectivity index (χ3n) is 6.08. The van der Waals surface area contributed by atoms with E-state index in [9.17, 15) is 14.4 Å². The standard InChI is InChI=1S/C29H22N4O7/c1-37-14-13-29(26(34)32-28(36)33-27(29)35)40-23-11-9-22(10-12-23)38-21-7-5-19(6-8-21)25-31-17-24(39-25)20-4-2-3-18(15-20)16-30/h2-12,15,17H,13-14H2,1H3,(H2,32,33,34,35,36). The van der Waals surface area contributed by atoms with E-state index in [1.54, 1.807) is 72.9 Å². The molecule has 2 N–H and O–H groups in total. The van der Waals surface area contributed by atoms with E-state index < -0.39 is 23.4 Å². The normalized spacial score (nSPS) is 14.2. The van der Waals surface area contributed by atoms with Gasteiger partial charge in [-0.25, -0.2) is 9.78 Å². The van der Waals surface area contributed by atoms with Crippen LogP contribution in [0.1, 0.15) is 12.0 Å². The van der Waals surface area contributed by atoms with Gasteiger partial charge < -0.3 is 18.6 Å². The Hall–Kier alpha value is -5.47. The van der Waals surface area contributed by atoms with Crippen LogP contribution in [0.4, 0.5) is 4.79 Å². The number of urea groups is 1. The number of oxazole rings is 1. The quantitative estimate of drug-likeness (QED) is 0.299. The zero-order valence-corrected chi connectivity index (χ0v) is 21.2. The van der Waals surface area contributed by atoms with E-state index in [2.05, 4.69) is 21.7 Å². The van der Waals surface area contributed by atoms with Gasteiger partial charge in [0.2, 0.25) is 5.89 Å². The predicted molar refractivity (Wildman–Crippen MR) is 140 cm³/mol. The third-order valence-corrected chi connectivity index (χ3v) is 6.08. The molecule has 11 nitrogen and oxygen atoms in total. The lowest BCUT2D eigenvalue weighted by Crippen LogP contribution is -2.69. The first-order valence-corrected chi connectivity index (χ1v) is 12.1. The maximum absolute atomic E-state index is 12.6. The lowest BCUT2D eigenvalue weighted by atomic mass is 9.95. The van der Waals surface area contributed by atoms with Crippen molar-refractivity contribution in [3.63, 3.8) is 0 Å². The molecule has 0 bridgehead atoms. The average Bonchev–Trinajstić information content (AvgIpc) is 3.46. The maximum atomic E-state index is 12.6. The SMILES string of the molecule is COCCC1(Oc2ccc(Oc3ccc(-c4ncc(-c5cccc(C#N)c5)o4)cc3)cc2)C(=O)NC(=O)NC1=O. The Balaban J connectivity index is 1.26. The van der Waals surface area contributed by atoms with E-state index in [-0.39, 0.29) is 18.8 Å². The van der Waals surface area contributed by atoms with Crippen LogP contribution in [0.5, 0.6) is 17.2 Å². The van der Waals surface area contributed by atoms with Crippen LogP contribution in [0.15, 0.2) is 83.4 Å². The van der Waals surface area contributed by atoms with Crippen molar-refractivity contribution in [1.29, 1.82) is 5.26 Å². The zero-order chi connectivity index (χ0) is 28.1. The van der Waals surface area contributed by atoms with Crippen LogP contribution >= 0.6 is 0 Å². The zero-order valence-electron chi connectivity index (χ0n) is 21.2. The van der Waals surface area contributed by atoms with Crippen molar-refractivity contribution in [2.45, 2.75) is 12.0 Å². The summed E-state index contributed by atoms with van der Waals surface area (Å²) in [5, 5.41) is 13.2. The molecular formula is C29H22N4O7. The Morgan fingerprint density at radius 2 is 1.55 bits per heavy atom. The maximum Gasteiger partial charge on any atom is 0.328 e. The number of carbonyl (C=O) groups excluding carboxylic acids is 3. The topological polar surface area (TPSA) is 153 Å². The predicted octanol–water partition coefficient (Wildman–Crippen LogP) is 4.19. The Bertz CT molecular complexity index is 1580. The molecular weight excluding hydrogens is 516 g/mol. The fourth-order valence-electron chi connectivity index (χ4n) is 4.02. The van der Waals surface area contributed by atoms with Gasteiger partial charge in [0.1, 0.15) is 17.2 Å². The number of nitriles is 1. The number of hydrogen-bond acceptors (Lipinski definition) is 9. The number of nitrogens with zero attached hydrogens (tertiary/aromatic N) is 2. The molecule has 0 spiro atoms. The smallest absolute Gasteiger partial charge is 0.328 e. The fourth-order valence-corrected chi connectivity index (χ4v) is 4.02. The summed E-state index contributed by atoms with van der Waals surface area (Å²) in [7, 11) is 1.43. The summed E-state index contributed by atoms with van der Waals surface area (Å²) in [6.45, 7) is 0.0510. The van der Waals surface area contributed by atoms with Crippen molar-refractivity contribution in [3.8, 4) is 46.1 Å². The number of rotatable bonds is 9. The Morgan fingerprint density at radius 1 is 0.900 bits per heavy atom. The van der Waals surface area contributed by atoms with Gasteiger partial charge in [-0.2, -0.15) is 5.26 Å². The molecule has 3 aromatic carbocycles. The molecule has 1 fully saturated rings. The number of benzene rings is 3. The minimum Gasteiger partial charge on any atom is -0.467 e. The number of carbonyl (C=O) groups is 3. The number of nitrogens with one attached hydrogen (secondary N) is 2. The summed E-state index contributed by atoms with van der Waals surface area (Å²) in [5.74, 6) is 0.485. The molecule has 11 heteroatoms. The van der Waals surface area contributed by atoms with Gasteiger partial charge in [-0.3, -0.25) is 20.2 Å². The second-order valence-electron chi connectivity index (χ2n) is 8.73. The van der Waals surface area contributed by atoms with Gasteiger partial charge in [0.15, 0.2) is 5.76 Å². The van der Waals surface area contributed by atoms with Crippen LogP contribution in [-0.4, -0.2) is 42.1 Å². The molecule has 1 aliphatic rings. The third kappa shape index (κ3) is 5.38. The highest BCUT2D eigenvalue weighted by Gasteiger charge is 2.52. The van der Waals surface area contributed by atoms with Gasteiger partial charge >= 0.3 is 6.03 Å². The molecule has 1 aromatic heterocycles. The first kappa shape index (κ1) is 26.1. The average molecular weight is 539 g/mol. The molecule has 200 valence electrons. The molecule has 2 heterocycles. The van der Waals surface area contributed by atoms with Crippen LogP contribution in [0, 0.1) is 11.3 Å². The van der Waals surface area contributed by atoms with Crippen molar-refractivity contribution in [2.24, 2.45) is 0 Å². The largest absolute Gasteiger partial charge is 0.467 e. The second kappa shape index (κ2) is 11.1. The minimum absolute atomic E-state index is 0.0510. The monoisotopic (exact) mass is 538 g/mol. The summed E-state index contributed by atoms with van der Waals surface area (Å²) in [5.41, 5.74) is 0.0692. The highest BCUT2D eigenvalue weighted by molar-refractivity contribution is 6.21. The van der Waals surface area contributed by atoms with Gasteiger partial charge in [-0.15, -0.1) is 0 Å². The van der Waals surface area contributed by atoms with Crippen molar-refractivity contribution in [2.75, 3.05) is 13.7 Å². The molecule has 0 atom stereocenters. The van der Waals surface area contributed by atoms with E-state index in [1.165, 1.54) is 7.11 Å². The lowest BCUT2D eigenvalue weighted by Gasteiger charge is -2.34. The summed E-state index contributed by atoms with van der Waals surface area (Å²) in [4.78, 5) is 41.0. The van der Waals surface area contributed by atoms with Crippen LogP contribution in [0.3, 0.4) is 0 Å². The summed E-state index contributed by atoms with van der Waals surface area (Å²) < 4.78 is 22.6. The highest BCUT2D eigenvalue weighted by Crippen LogP contribution is 2.31. The van der Waals surface area contributed by atoms with Gasteiger partial charge in [0, 0.05) is 24.7 Å². The number of imide groups is 2. The first-order valence-electron chi connectivity index (χ1n) is 12.1. The summed E-state index contributed by atoms with van der Waals surface area (Å²) in [6.07, 6.45) is 1.51. The summed E-state index contributed by atoms with van der Waals surface area (Å²) >= 11 is 0. The van der Waals surface area contributed by atoms with Crippen molar-refractivity contribution < 1.29 is 33.0 Å². The van der Waals surface area contributed by atoms with E-state index in [0.29, 0.717) is 28.7 Å². The molecule has 40 heavy (non-hydrogen) atoms. The number of methoxy groups -OCH3 is 1.